The first-order chi connectivity index (χ1) is 9.56. The summed E-state index contributed by atoms with van der Waals surface area (Å²) in [4.78, 5) is 30.1. The van der Waals surface area contributed by atoms with Gasteiger partial charge in [-0.25, -0.2) is 9.78 Å². The second-order valence-corrected chi connectivity index (χ2v) is 4.37. The molecule has 2 N–H and O–H groups in total. The van der Waals surface area contributed by atoms with Crippen molar-refractivity contribution in [1.29, 1.82) is 0 Å². The zero-order chi connectivity index (χ0) is 14.3. The number of carboxylic acid groups (broad SMARTS) is 1. The molecule has 0 unspecified atom stereocenters. The van der Waals surface area contributed by atoms with Crippen LogP contribution >= 0.6 is 0 Å². The molecule has 0 spiro atoms. The number of oxazole rings is 1. The Bertz CT molecular complexity index is 876. The van der Waals surface area contributed by atoms with E-state index in [-0.39, 0.29) is 28.0 Å². The summed E-state index contributed by atoms with van der Waals surface area (Å²) < 4.78 is 5.47. The van der Waals surface area contributed by atoms with E-state index < -0.39 is 5.97 Å². The first kappa shape index (κ1) is 12.2. The van der Waals surface area contributed by atoms with Crippen molar-refractivity contribution in [3.63, 3.8) is 0 Å². The van der Waals surface area contributed by atoms with Gasteiger partial charge in [0.15, 0.2) is 11.0 Å². The van der Waals surface area contributed by atoms with Crippen LogP contribution in [0.2, 0.25) is 0 Å². The Morgan fingerprint density at radius 3 is 2.90 bits per heavy atom. The van der Waals surface area contributed by atoms with Crippen LogP contribution in [0.4, 0.5) is 0 Å². The third-order valence-corrected chi connectivity index (χ3v) is 2.94. The van der Waals surface area contributed by atoms with E-state index >= 15 is 0 Å². The van der Waals surface area contributed by atoms with E-state index in [0.717, 1.165) is 5.69 Å². The molecule has 3 rings (SSSR count). The van der Waals surface area contributed by atoms with E-state index in [4.69, 9.17) is 9.52 Å². The van der Waals surface area contributed by atoms with Crippen molar-refractivity contribution in [3.05, 3.63) is 51.9 Å². The van der Waals surface area contributed by atoms with Crippen LogP contribution in [0, 0.1) is 6.92 Å². The molecule has 3 aromatic rings. The van der Waals surface area contributed by atoms with Gasteiger partial charge in [0.1, 0.15) is 11.1 Å². The molecular formula is C14H10N2O4. The van der Waals surface area contributed by atoms with Gasteiger partial charge >= 0.3 is 5.97 Å². The quantitative estimate of drug-likeness (QED) is 0.744. The minimum Gasteiger partial charge on any atom is -0.478 e. The minimum absolute atomic E-state index is 0.0426. The number of aromatic carboxylic acids is 1. The summed E-state index contributed by atoms with van der Waals surface area (Å²) in [5.41, 5.74) is 1.37. The van der Waals surface area contributed by atoms with E-state index in [9.17, 15) is 9.59 Å². The van der Waals surface area contributed by atoms with E-state index in [0.29, 0.717) is 5.58 Å². The van der Waals surface area contributed by atoms with Crippen LogP contribution in [-0.4, -0.2) is 21.0 Å². The highest BCUT2D eigenvalue weighted by atomic mass is 16.4. The van der Waals surface area contributed by atoms with Gasteiger partial charge in [-0.2, -0.15) is 0 Å². The molecule has 0 atom stereocenters. The SMILES string of the molecule is Cc1cc(=O)c(-c2nc3c(C(=O)O)cccc3o2)c[nH]1. The van der Waals surface area contributed by atoms with E-state index in [1.165, 1.54) is 18.3 Å². The summed E-state index contributed by atoms with van der Waals surface area (Å²) in [7, 11) is 0. The van der Waals surface area contributed by atoms with Crippen LogP contribution in [0.3, 0.4) is 0 Å². The number of aryl methyl sites for hydroxylation is 1. The number of benzene rings is 1. The number of fused-ring (bicyclic) bond motifs is 1. The lowest BCUT2D eigenvalue weighted by atomic mass is 10.2. The summed E-state index contributed by atoms with van der Waals surface area (Å²) in [6.45, 7) is 1.76. The molecule has 0 aliphatic carbocycles. The summed E-state index contributed by atoms with van der Waals surface area (Å²) in [5.74, 6) is -0.983. The average Bonchev–Trinajstić information content (AvgIpc) is 2.81. The number of nitrogens with zero attached hydrogens (tertiary/aromatic N) is 1. The van der Waals surface area contributed by atoms with Crippen molar-refractivity contribution in [3.8, 4) is 11.5 Å². The number of para-hydroxylation sites is 1. The normalized spacial score (nSPS) is 10.8. The molecule has 6 heteroatoms. The smallest absolute Gasteiger partial charge is 0.338 e. The highest BCUT2D eigenvalue weighted by Crippen LogP contribution is 2.24. The molecule has 2 aromatic heterocycles. The Morgan fingerprint density at radius 2 is 2.20 bits per heavy atom. The van der Waals surface area contributed by atoms with Gasteiger partial charge < -0.3 is 14.5 Å². The fourth-order valence-electron chi connectivity index (χ4n) is 1.98. The third-order valence-electron chi connectivity index (χ3n) is 2.94. The first-order valence-electron chi connectivity index (χ1n) is 5.89. The maximum Gasteiger partial charge on any atom is 0.338 e. The second-order valence-electron chi connectivity index (χ2n) is 4.37. The number of hydrogen-bond donors (Lipinski definition) is 2. The van der Waals surface area contributed by atoms with Gasteiger partial charge in [0.2, 0.25) is 5.89 Å². The van der Waals surface area contributed by atoms with Crippen molar-refractivity contribution < 1.29 is 14.3 Å². The van der Waals surface area contributed by atoms with Crippen molar-refractivity contribution in [2.75, 3.05) is 0 Å². The highest BCUT2D eigenvalue weighted by molar-refractivity contribution is 6.00. The monoisotopic (exact) mass is 270 g/mol. The molecule has 100 valence electrons. The predicted octanol–water partition coefficient (Wildman–Crippen LogP) is 2.19. The molecule has 0 fully saturated rings. The predicted molar refractivity (Wildman–Crippen MR) is 71.8 cm³/mol. The lowest BCUT2D eigenvalue weighted by molar-refractivity contribution is 0.0699. The molecule has 0 saturated heterocycles. The number of carbonyl (C=O) groups is 1. The summed E-state index contributed by atoms with van der Waals surface area (Å²) in [6.07, 6.45) is 1.50. The van der Waals surface area contributed by atoms with Crippen LogP contribution in [0.15, 0.2) is 39.7 Å². The molecule has 0 bridgehead atoms. The Hall–Kier alpha value is -2.89. The zero-order valence-corrected chi connectivity index (χ0v) is 10.5. The summed E-state index contributed by atoms with van der Waals surface area (Å²) in [5, 5.41) is 9.10. The van der Waals surface area contributed by atoms with E-state index in [1.54, 1.807) is 19.1 Å². The lowest BCUT2D eigenvalue weighted by Crippen LogP contribution is -2.05. The van der Waals surface area contributed by atoms with Crippen molar-refractivity contribution >= 4 is 17.1 Å². The van der Waals surface area contributed by atoms with E-state index in [2.05, 4.69) is 9.97 Å². The summed E-state index contributed by atoms with van der Waals surface area (Å²) >= 11 is 0. The molecule has 6 nitrogen and oxygen atoms in total. The Kier molecular flexibility index (Phi) is 2.64. The Labute approximate surface area is 112 Å². The molecule has 2 heterocycles. The fourth-order valence-corrected chi connectivity index (χ4v) is 1.98. The Morgan fingerprint density at radius 1 is 1.40 bits per heavy atom. The number of hydrogen-bond acceptors (Lipinski definition) is 4. The highest BCUT2D eigenvalue weighted by Gasteiger charge is 2.16. The van der Waals surface area contributed by atoms with E-state index in [1.807, 2.05) is 0 Å². The number of aromatic nitrogens is 2. The maximum atomic E-state index is 11.9. The molecule has 0 amide bonds. The summed E-state index contributed by atoms with van der Waals surface area (Å²) in [6, 6.07) is 6.05. The van der Waals surface area contributed by atoms with Crippen LogP contribution in [-0.2, 0) is 0 Å². The van der Waals surface area contributed by atoms with Crippen LogP contribution in [0.25, 0.3) is 22.6 Å². The zero-order valence-electron chi connectivity index (χ0n) is 10.5. The standard InChI is InChI=1S/C14H10N2O4/c1-7-5-10(17)9(6-15-7)13-16-12-8(14(18)19)3-2-4-11(12)20-13/h2-6H,1H3,(H,15,17)(H,18,19). The van der Waals surface area contributed by atoms with Crippen LogP contribution in [0.5, 0.6) is 0 Å². The van der Waals surface area contributed by atoms with Crippen molar-refractivity contribution in [1.82, 2.24) is 9.97 Å². The second kappa shape index (κ2) is 4.34. The minimum atomic E-state index is -1.09. The van der Waals surface area contributed by atoms with Gasteiger partial charge in [-0.15, -0.1) is 0 Å². The van der Waals surface area contributed by atoms with Crippen molar-refractivity contribution in [2.24, 2.45) is 0 Å². The number of nitrogens with one attached hydrogen (secondary N) is 1. The van der Waals surface area contributed by atoms with Crippen LogP contribution < -0.4 is 5.43 Å². The molecule has 1 aromatic carbocycles. The fraction of sp³-hybridized carbons (Fsp3) is 0.0714. The topological polar surface area (TPSA) is 96.2 Å². The molecule has 0 aliphatic heterocycles. The average molecular weight is 270 g/mol. The number of rotatable bonds is 2. The molecule has 20 heavy (non-hydrogen) atoms. The molecular weight excluding hydrogens is 260 g/mol. The number of pyridine rings is 1. The first-order valence-corrected chi connectivity index (χ1v) is 5.89. The van der Waals surface area contributed by atoms with Gasteiger partial charge in [-0.3, -0.25) is 4.79 Å². The number of aromatic amines is 1. The van der Waals surface area contributed by atoms with Gasteiger partial charge in [-0.1, -0.05) is 6.07 Å². The van der Waals surface area contributed by atoms with Gasteiger partial charge in [-0.05, 0) is 19.1 Å². The number of H-pyrrole nitrogens is 1. The number of carboxylic acids is 1. The maximum absolute atomic E-state index is 11.9. The van der Waals surface area contributed by atoms with Gasteiger partial charge in [0, 0.05) is 18.0 Å². The van der Waals surface area contributed by atoms with Gasteiger partial charge in [0.25, 0.3) is 0 Å². The lowest BCUT2D eigenvalue weighted by Gasteiger charge is -1.95. The Balaban J connectivity index is 2.26. The molecule has 0 aliphatic rings. The molecule has 0 radical (unpaired) electrons. The third kappa shape index (κ3) is 1.87. The largest absolute Gasteiger partial charge is 0.478 e. The van der Waals surface area contributed by atoms with Gasteiger partial charge in [0.05, 0.1) is 5.56 Å². The molecule has 0 saturated carbocycles. The van der Waals surface area contributed by atoms with Crippen molar-refractivity contribution in [2.45, 2.75) is 6.92 Å². The van der Waals surface area contributed by atoms with Crippen LogP contribution in [0.1, 0.15) is 16.1 Å².